The van der Waals surface area contributed by atoms with Crippen molar-refractivity contribution in [1.82, 2.24) is 10.2 Å². The first-order valence-electron chi connectivity index (χ1n) is 8.41. The summed E-state index contributed by atoms with van der Waals surface area (Å²) in [4.78, 5) is 2.47. The fourth-order valence-electron chi connectivity index (χ4n) is 3.94. The molecule has 0 amide bonds. The highest BCUT2D eigenvalue weighted by atomic mass is 15.2. The maximum Gasteiger partial charge on any atom is 0.109 e. The molecule has 1 saturated carbocycles. The van der Waals surface area contributed by atoms with Gasteiger partial charge in [0.2, 0.25) is 0 Å². The first kappa shape index (κ1) is 15.8. The predicted molar refractivity (Wildman–Crippen MR) is 83.4 cm³/mol. The fraction of sp³-hybridized carbons (Fsp3) is 0.941. The van der Waals surface area contributed by atoms with Crippen molar-refractivity contribution < 1.29 is 0 Å². The molecule has 1 aliphatic carbocycles. The Balaban J connectivity index is 2.02. The quantitative estimate of drug-likeness (QED) is 0.861. The third kappa shape index (κ3) is 3.18. The topological polar surface area (TPSA) is 39.1 Å². The Morgan fingerprint density at radius 1 is 1.25 bits per heavy atom. The Morgan fingerprint density at radius 3 is 2.55 bits per heavy atom. The third-order valence-electron chi connectivity index (χ3n) is 5.98. The maximum absolute atomic E-state index is 9.82. The Kier molecular flexibility index (Phi) is 5.09. The summed E-state index contributed by atoms with van der Waals surface area (Å²) in [6, 6.07) is 2.70. The molecule has 20 heavy (non-hydrogen) atoms. The molecule has 2 rings (SSSR count). The van der Waals surface area contributed by atoms with Crippen LogP contribution >= 0.6 is 0 Å². The second kappa shape index (κ2) is 6.45. The summed E-state index contributed by atoms with van der Waals surface area (Å²) in [5, 5.41) is 13.3. The summed E-state index contributed by atoms with van der Waals surface area (Å²) in [5.41, 5.74) is 0.258. The van der Waals surface area contributed by atoms with E-state index in [-0.39, 0.29) is 5.54 Å². The van der Waals surface area contributed by atoms with Crippen molar-refractivity contribution in [3.8, 4) is 6.07 Å². The zero-order chi connectivity index (χ0) is 14.6. The van der Waals surface area contributed by atoms with E-state index in [9.17, 15) is 5.26 Å². The van der Waals surface area contributed by atoms with Crippen LogP contribution in [-0.4, -0.2) is 36.6 Å². The Hall–Kier alpha value is -0.590. The average molecular weight is 277 g/mol. The molecule has 114 valence electrons. The average Bonchev–Trinajstić information content (AvgIpc) is 2.77. The van der Waals surface area contributed by atoms with Crippen LogP contribution in [-0.2, 0) is 0 Å². The van der Waals surface area contributed by atoms with Crippen molar-refractivity contribution in [2.24, 2.45) is 11.3 Å². The van der Waals surface area contributed by atoms with Crippen molar-refractivity contribution in [3.63, 3.8) is 0 Å². The molecule has 1 N–H and O–H groups in total. The van der Waals surface area contributed by atoms with Gasteiger partial charge in [0.1, 0.15) is 5.54 Å². The van der Waals surface area contributed by atoms with E-state index in [1.54, 1.807) is 0 Å². The number of nitrogens with one attached hydrogen (secondary N) is 1. The summed E-state index contributed by atoms with van der Waals surface area (Å²) in [5.74, 6) is 0.791. The number of hydrogen-bond acceptors (Lipinski definition) is 3. The van der Waals surface area contributed by atoms with Crippen molar-refractivity contribution in [2.75, 3.05) is 26.2 Å². The van der Waals surface area contributed by atoms with Gasteiger partial charge in [0.05, 0.1) is 6.07 Å². The van der Waals surface area contributed by atoms with Crippen LogP contribution in [0.25, 0.3) is 0 Å². The SMILES string of the molecule is CCC(C)(C)C1CCC(C#N)(N2CCCNCC2)CC1. The largest absolute Gasteiger partial charge is 0.315 e. The van der Waals surface area contributed by atoms with E-state index in [0.717, 1.165) is 44.9 Å². The molecule has 0 unspecified atom stereocenters. The zero-order valence-electron chi connectivity index (χ0n) is 13.5. The van der Waals surface area contributed by atoms with Gasteiger partial charge in [0, 0.05) is 19.6 Å². The van der Waals surface area contributed by atoms with Gasteiger partial charge in [-0.3, -0.25) is 4.90 Å². The molecule has 0 bridgehead atoms. The molecular weight excluding hydrogens is 246 g/mol. The normalized spacial score (nSPS) is 33.4. The number of rotatable bonds is 3. The molecule has 0 aromatic rings. The van der Waals surface area contributed by atoms with Crippen LogP contribution < -0.4 is 5.32 Å². The summed E-state index contributed by atoms with van der Waals surface area (Å²) in [6.07, 6.45) is 6.99. The molecule has 2 fully saturated rings. The van der Waals surface area contributed by atoms with Gasteiger partial charge in [-0.15, -0.1) is 0 Å². The standard InChI is InChI=1S/C17H31N3/c1-4-16(2,3)15-6-8-17(14-18,9-7-15)20-12-5-10-19-11-13-20/h15,19H,4-13H2,1-3H3. The Morgan fingerprint density at radius 2 is 1.95 bits per heavy atom. The maximum atomic E-state index is 9.82. The molecule has 3 nitrogen and oxygen atoms in total. The Labute approximate surface area is 124 Å². The molecule has 1 heterocycles. The lowest BCUT2D eigenvalue weighted by molar-refractivity contribution is 0.0501. The number of hydrogen-bond donors (Lipinski definition) is 1. The number of nitrogens with zero attached hydrogens (tertiary/aromatic N) is 2. The first-order valence-corrected chi connectivity index (χ1v) is 8.41. The second-order valence-corrected chi connectivity index (χ2v) is 7.35. The predicted octanol–water partition coefficient (Wildman–Crippen LogP) is 3.17. The summed E-state index contributed by atoms with van der Waals surface area (Å²) in [7, 11) is 0. The van der Waals surface area contributed by atoms with Crippen molar-refractivity contribution in [3.05, 3.63) is 0 Å². The monoisotopic (exact) mass is 277 g/mol. The van der Waals surface area contributed by atoms with Crippen LogP contribution in [0.15, 0.2) is 0 Å². The van der Waals surface area contributed by atoms with E-state index in [2.05, 4.69) is 37.1 Å². The molecule has 1 saturated heterocycles. The Bertz CT molecular complexity index is 340. The lowest BCUT2D eigenvalue weighted by atomic mass is 9.65. The summed E-state index contributed by atoms with van der Waals surface area (Å²) >= 11 is 0. The lowest BCUT2D eigenvalue weighted by Gasteiger charge is -2.46. The first-order chi connectivity index (χ1) is 9.54. The van der Waals surface area contributed by atoms with E-state index in [1.807, 2.05) is 0 Å². The molecule has 0 aromatic carbocycles. The summed E-state index contributed by atoms with van der Waals surface area (Å²) in [6.45, 7) is 11.3. The third-order valence-corrected chi connectivity index (χ3v) is 5.98. The van der Waals surface area contributed by atoms with E-state index < -0.39 is 0 Å². The molecular formula is C17H31N3. The van der Waals surface area contributed by atoms with Crippen LogP contribution in [0.2, 0.25) is 0 Å². The van der Waals surface area contributed by atoms with E-state index in [4.69, 9.17) is 0 Å². The molecule has 1 aliphatic heterocycles. The van der Waals surface area contributed by atoms with Crippen LogP contribution in [0.4, 0.5) is 0 Å². The van der Waals surface area contributed by atoms with E-state index >= 15 is 0 Å². The fourth-order valence-corrected chi connectivity index (χ4v) is 3.94. The lowest BCUT2D eigenvalue weighted by Crippen LogP contribution is -2.52. The van der Waals surface area contributed by atoms with Crippen LogP contribution in [0, 0.1) is 22.7 Å². The molecule has 0 atom stereocenters. The highest BCUT2D eigenvalue weighted by Gasteiger charge is 2.43. The van der Waals surface area contributed by atoms with Gasteiger partial charge in [0.25, 0.3) is 0 Å². The van der Waals surface area contributed by atoms with E-state index in [0.29, 0.717) is 5.41 Å². The van der Waals surface area contributed by atoms with Gasteiger partial charge in [-0.05, 0) is 50.0 Å². The molecule has 0 spiro atoms. The molecule has 3 heteroatoms. The minimum absolute atomic E-state index is 0.174. The zero-order valence-corrected chi connectivity index (χ0v) is 13.5. The van der Waals surface area contributed by atoms with Crippen molar-refractivity contribution in [1.29, 1.82) is 5.26 Å². The number of nitriles is 1. The smallest absolute Gasteiger partial charge is 0.109 e. The molecule has 0 radical (unpaired) electrons. The van der Waals surface area contributed by atoms with Crippen LogP contribution in [0.3, 0.4) is 0 Å². The van der Waals surface area contributed by atoms with Gasteiger partial charge in [-0.25, -0.2) is 0 Å². The summed E-state index contributed by atoms with van der Waals surface area (Å²) < 4.78 is 0. The molecule has 0 aromatic heterocycles. The van der Waals surface area contributed by atoms with Crippen LogP contribution in [0.1, 0.15) is 59.3 Å². The van der Waals surface area contributed by atoms with Gasteiger partial charge < -0.3 is 5.32 Å². The van der Waals surface area contributed by atoms with Gasteiger partial charge in [0.15, 0.2) is 0 Å². The van der Waals surface area contributed by atoms with E-state index in [1.165, 1.54) is 25.7 Å². The van der Waals surface area contributed by atoms with Crippen LogP contribution in [0.5, 0.6) is 0 Å². The van der Waals surface area contributed by atoms with Gasteiger partial charge in [-0.1, -0.05) is 27.2 Å². The minimum Gasteiger partial charge on any atom is -0.315 e. The molecule has 2 aliphatic rings. The minimum atomic E-state index is -0.174. The highest BCUT2D eigenvalue weighted by molar-refractivity contribution is 5.11. The van der Waals surface area contributed by atoms with Crippen molar-refractivity contribution in [2.45, 2.75) is 64.8 Å². The highest BCUT2D eigenvalue weighted by Crippen LogP contribution is 2.45. The van der Waals surface area contributed by atoms with Crippen molar-refractivity contribution >= 4 is 0 Å². The van der Waals surface area contributed by atoms with Gasteiger partial charge >= 0.3 is 0 Å². The second-order valence-electron chi connectivity index (χ2n) is 7.35. The van der Waals surface area contributed by atoms with Gasteiger partial charge in [-0.2, -0.15) is 5.26 Å².